The summed E-state index contributed by atoms with van der Waals surface area (Å²) in [6.45, 7) is -0.518. The van der Waals surface area contributed by atoms with Crippen molar-refractivity contribution >= 4 is 28.3 Å². The van der Waals surface area contributed by atoms with Crippen LogP contribution in [0.1, 0.15) is 10.4 Å². The molecule has 0 aliphatic heterocycles. The number of benzene rings is 1. The van der Waals surface area contributed by atoms with E-state index in [1.54, 1.807) is 18.3 Å². The van der Waals surface area contributed by atoms with Crippen molar-refractivity contribution in [2.45, 2.75) is 0 Å². The number of carbonyl (C=O) groups is 1. The molecule has 0 unspecified atom stereocenters. The number of aliphatic hydroxyl groups excluding tert-OH is 1. The number of aliphatic hydroxyl groups is 1. The molecule has 2 rings (SSSR count). The molecule has 0 amide bonds. The standard InChI is InChI=1S/C10H8ClNO2/c11-8-4-9-6(1-2-12-9)3-7(8)10(14)5-13/h1-4,12-13H,5H2. The van der Waals surface area contributed by atoms with Crippen LogP contribution in [0.25, 0.3) is 10.9 Å². The van der Waals surface area contributed by atoms with E-state index in [0.29, 0.717) is 10.6 Å². The van der Waals surface area contributed by atoms with Crippen LogP contribution in [0.5, 0.6) is 0 Å². The molecule has 0 saturated heterocycles. The molecule has 2 aromatic rings. The molecule has 0 saturated carbocycles. The Labute approximate surface area is 85.3 Å². The van der Waals surface area contributed by atoms with E-state index < -0.39 is 6.61 Å². The summed E-state index contributed by atoms with van der Waals surface area (Å²) in [6, 6.07) is 5.20. The minimum Gasteiger partial charge on any atom is -0.388 e. The van der Waals surface area contributed by atoms with Crippen LogP contribution < -0.4 is 0 Å². The Bertz CT molecular complexity index is 490. The van der Waals surface area contributed by atoms with E-state index in [1.165, 1.54) is 0 Å². The molecular weight excluding hydrogens is 202 g/mol. The Morgan fingerprint density at radius 3 is 3.00 bits per heavy atom. The number of nitrogens with one attached hydrogen (secondary N) is 1. The topological polar surface area (TPSA) is 53.1 Å². The van der Waals surface area contributed by atoms with Gasteiger partial charge in [0.1, 0.15) is 6.61 Å². The van der Waals surface area contributed by atoms with Gasteiger partial charge < -0.3 is 10.1 Å². The van der Waals surface area contributed by atoms with Crippen molar-refractivity contribution < 1.29 is 9.90 Å². The Kier molecular flexibility index (Phi) is 2.27. The molecule has 1 aromatic carbocycles. The van der Waals surface area contributed by atoms with Gasteiger partial charge in [-0.1, -0.05) is 11.6 Å². The first-order valence-corrected chi connectivity index (χ1v) is 4.51. The summed E-state index contributed by atoms with van der Waals surface area (Å²) in [5.74, 6) is -0.363. The number of Topliss-reactive ketones (excluding diaryl/α,β-unsaturated/α-hetero) is 1. The van der Waals surface area contributed by atoms with Crippen LogP contribution >= 0.6 is 11.6 Å². The number of aromatic amines is 1. The van der Waals surface area contributed by atoms with Gasteiger partial charge in [0, 0.05) is 22.7 Å². The summed E-state index contributed by atoms with van der Waals surface area (Å²) in [5, 5.41) is 9.99. The monoisotopic (exact) mass is 209 g/mol. The molecule has 1 heterocycles. The van der Waals surface area contributed by atoms with E-state index in [2.05, 4.69) is 4.98 Å². The molecule has 72 valence electrons. The van der Waals surface area contributed by atoms with Gasteiger partial charge in [-0.15, -0.1) is 0 Å². The van der Waals surface area contributed by atoms with Crippen molar-refractivity contribution in [2.75, 3.05) is 6.61 Å². The van der Waals surface area contributed by atoms with Crippen LogP contribution in [-0.4, -0.2) is 22.5 Å². The molecule has 0 aliphatic rings. The summed E-state index contributed by atoms with van der Waals surface area (Å²) in [7, 11) is 0. The van der Waals surface area contributed by atoms with Crippen molar-refractivity contribution in [3.63, 3.8) is 0 Å². The third-order valence-electron chi connectivity index (χ3n) is 2.08. The van der Waals surface area contributed by atoms with Gasteiger partial charge in [-0.25, -0.2) is 0 Å². The Hall–Kier alpha value is -1.32. The van der Waals surface area contributed by atoms with E-state index in [9.17, 15) is 4.79 Å². The fraction of sp³-hybridized carbons (Fsp3) is 0.100. The van der Waals surface area contributed by atoms with Crippen molar-refractivity contribution in [2.24, 2.45) is 0 Å². The lowest BCUT2D eigenvalue weighted by Crippen LogP contribution is -2.04. The SMILES string of the molecule is O=C(CO)c1cc2cc[nH]c2cc1Cl. The van der Waals surface area contributed by atoms with Gasteiger partial charge in [0.05, 0.1) is 5.02 Å². The molecule has 1 aromatic heterocycles. The van der Waals surface area contributed by atoms with Crippen LogP contribution in [-0.2, 0) is 0 Å². The number of fused-ring (bicyclic) bond motifs is 1. The molecule has 0 bridgehead atoms. The average molecular weight is 210 g/mol. The molecule has 2 N–H and O–H groups in total. The number of hydrogen-bond acceptors (Lipinski definition) is 2. The lowest BCUT2D eigenvalue weighted by atomic mass is 10.1. The predicted molar refractivity (Wildman–Crippen MR) is 54.7 cm³/mol. The Balaban J connectivity index is 2.64. The number of rotatable bonds is 2. The summed E-state index contributed by atoms with van der Waals surface area (Å²) in [4.78, 5) is 14.2. The first-order valence-electron chi connectivity index (χ1n) is 4.13. The lowest BCUT2D eigenvalue weighted by Gasteiger charge is -2.01. The predicted octanol–water partition coefficient (Wildman–Crippen LogP) is 2.00. The zero-order valence-corrected chi connectivity index (χ0v) is 8.01. The Morgan fingerprint density at radius 1 is 1.50 bits per heavy atom. The van der Waals surface area contributed by atoms with Crippen molar-refractivity contribution in [1.29, 1.82) is 0 Å². The fourth-order valence-electron chi connectivity index (χ4n) is 1.37. The molecule has 0 fully saturated rings. The molecule has 0 atom stereocenters. The van der Waals surface area contributed by atoms with E-state index in [0.717, 1.165) is 10.9 Å². The molecule has 4 heteroatoms. The minimum atomic E-state index is -0.518. The van der Waals surface area contributed by atoms with E-state index in [4.69, 9.17) is 16.7 Å². The Morgan fingerprint density at radius 2 is 2.29 bits per heavy atom. The smallest absolute Gasteiger partial charge is 0.189 e. The highest BCUT2D eigenvalue weighted by Gasteiger charge is 2.10. The van der Waals surface area contributed by atoms with Gasteiger partial charge in [0.25, 0.3) is 0 Å². The van der Waals surface area contributed by atoms with Gasteiger partial charge >= 0.3 is 0 Å². The van der Waals surface area contributed by atoms with Gasteiger partial charge in [0.15, 0.2) is 5.78 Å². The number of H-pyrrole nitrogens is 1. The highest BCUT2D eigenvalue weighted by atomic mass is 35.5. The molecule has 0 aliphatic carbocycles. The van der Waals surface area contributed by atoms with E-state index in [1.807, 2.05) is 6.07 Å². The van der Waals surface area contributed by atoms with Gasteiger partial charge in [-0.05, 0) is 18.2 Å². The third kappa shape index (κ3) is 1.41. The summed E-state index contributed by atoms with van der Waals surface area (Å²) >= 11 is 5.88. The average Bonchev–Trinajstić information content (AvgIpc) is 2.62. The first-order chi connectivity index (χ1) is 6.72. The molecule has 0 radical (unpaired) electrons. The highest BCUT2D eigenvalue weighted by Crippen LogP contribution is 2.23. The van der Waals surface area contributed by atoms with Crippen LogP contribution in [0.15, 0.2) is 24.4 Å². The number of ketones is 1. The summed E-state index contributed by atoms with van der Waals surface area (Å²) in [6.07, 6.45) is 1.77. The molecule has 3 nitrogen and oxygen atoms in total. The maximum Gasteiger partial charge on any atom is 0.189 e. The van der Waals surface area contributed by atoms with Crippen molar-refractivity contribution in [3.8, 4) is 0 Å². The van der Waals surface area contributed by atoms with Gasteiger partial charge in [-0.3, -0.25) is 4.79 Å². The van der Waals surface area contributed by atoms with E-state index >= 15 is 0 Å². The highest BCUT2D eigenvalue weighted by molar-refractivity contribution is 6.34. The number of aromatic nitrogens is 1. The number of hydrogen-bond donors (Lipinski definition) is 2. The van der Waals surface area contributed by atoms with Crippen LogP contribution in [0.2, 0.25) is 5.02 Å². The van der Waals surface area contributed by atoms with Crippen molar-refractivity contribution in [1.82, 2.24) is 4.98 Å². The minimum absolute atomic E-state index is 0.360. The zero-order chi connectivity index (χ0) is 10.1. The third-order valence-corrected chi connectivity index (χ3v) is 2.40. The van der Waals surface area contributed by atoms with Gasteiger partial charge in [-0.2, -0.15) is 0 Å². The zero-order valence-electron chi connectivity index (χ0n) is 7.25. The van der Waals surface area contributed by atoms with Gasteiger partial charge in [0.2, 0.25) is 0 Å². The lowest BCUT2D eigenvalue weighted by molar-refractivity contribution is 0.0904. The first kappa shape index (κ1) is 9.24. The second kappa shape index (κ2) is 3.44. The second-order valence-corrected chi connectivity index (χ2v) is 3.39. The quantitative estimate of drug-likeness (QED) is 0.744. The molecule has 0 spiro atoms. The van der Waals surface area contributed by atoms with Crippen LogP contribution in [0, 0.1) is 0 Å². The maximum absolute atomic E-state index is 11.3. The molecule has 14 heavy (non-hydrogen) atoms. The fourth-order valence-corrected chi connectivity index (χ4v) is 1.64. The second-order valence-electron chi connectivity index (χ2n) is 2.98. The van der Waals surface area contributed by atoms with Crippen molar-refractivity contribution in [3.05, 3.63) is 35.0 Å². The maximum atomic E-state index is 11.3. The largest absolute Gasteiger partial charge is 0.388 e. The summed E-state index contributed by atoms with van der Waals surface area (Å²) in [5.41, 5.74) is 1.24. The normalized spacial score (nSPS) is 10.7. The number of carbonyl (C=O) groups excluding carboxylic acids is 1. The summed E-state index contributed by atoms with van der Waals surface area (Å²) < 4.78 is 0. The number of halogens is 1. The van der Waals surface area contributed by atoms with Crippen LogP contribution in [0.3, 0.4) is 0 Å². The van der Waals surface area contributed by atoms with Crippen LogP contribution in [0.4, 0.5) is 0 Å². The van der Waals surface area contributed by atoms with E-state index in [-0.39, 0.29) is 5.78 Å². The molecular formula is C10H8ClNO2.